The number of benzene rings is 1. The molecule has 1 N–H and O–H groups in total. The van der Waals surface area contributed by atoms with E-state index in [2.05, 4.69) is 15.4 Å². The van der Waals surface area contributed by atoms with E-state index in [4.69, 9.17) is 4.74 Å². The molecule has 25 heavy (non-hydrogen) atoms. The minimum absolute atomic E-state index is 0.0931. The molecule has 132 valence electrons. The van der Waals surface area contributed by atoms with E-state index in [0.29, 0.717) is 27.5 Å². The van der Waals surface area contributed by atoms with Crippen molar-refractivity contribution in [3.63, 3.8) is 0 Å². The molecule has 0 aliphatic carbocycles. The standard InChI is InChI=1S/C15H13F3N4O2S/c1-2-22-7-9(6-19-22)13(23)21-14-20-11-4-3-10(5-12(11)25-14)24-8-15(16,17)18/h3-7H,2,8H2,1H3,(H,20,21,23). The first kappa shape index (κ1) is 17.2. The molecule has 1 amide bonds. The van der Waals surface area contributed by atoms with Crippen molar-refractivity contribution in [3.05, 3.63) is 36.2 Å². The normalized spacial score (nSPS) is 11.7. The van der Waals surface area contributed by atoms with Crippen LogP contribution in [0.25, 0.3) is 10.2 Å². The fraction of sp³-hybridized carbons (Fsp3) is 0.267. The molecule has 2 aromatic heterocycles. The van der Waals surface area contributed by atoms with Crippen LogP contribution < -0.4 is 10.1 Å². The van der Waals surface area contributed by atoms with Gasteiger partial charge < -0.3 is 4.74 Å². The van der Waals surface area contributed by atoms with Crippen molar-refractivity contribution in [3.8, 4) is 5.75 Å². The third-order valence-corrected chi connectivity index (χ3v) is 4.14. The first-order valence-corrected chi connectivity index (χ1v) is 8.09. The Morgan fingerprint density at radius 2 is 2.20 bits per heavy atom. The number of carbonyl (C=O) groups is 1. The van der Waals surface area contributed by atoms with Gasteiger partial charge in [-0.25, -0.2) is 4.98 Å². The summed E-state index contributed by atoms with van der Waals surface area (Å²) in [6.45, 7) is 1.19. The van der Waals surface area contributed by atoms with E-state index < -0.39 is 12.8 Å². The van der Waals surface area contributed by atoms with Crippen LogP contribution in [0.1, 0.15) is 17.3 Å². The Kier molecular flexibility index (Phi) is 4.62. The second-order valence-electron chi connectivity index (χ2n) is 5.09. The minimum atomic E-state index is -4.40. The third-order valence-electron chi connectivity index (χ3n) is 3.20. The second-order valence-corrected chi connectivity index (χ2v) is 6.12. The lowest BCUT2D eigenvalue weighted by atomic mass is 10.3. The SMILES string of the molecule is CCn1cc(C(=O)Nc2nc3ccc(OCC(F)(F)F)cc3s2)cn1. The predicted molar refractivity (Wildman–Crippen MR) is 87.0 cm³/mol. The smallest absolute Gasteiger partial charge is 0.422 e. The summed E-state index contributed by atoms with van der Waals surface area (Å²) in [5.41, 5.74) is 0.958. The lowest BCUT2D eigenvalue weighted by Gasteiger charge is -2.08. The Morgan fingerprint density at radius 3 is 2.88 bits per heavy atom. The average Bonchev–Trinajstić information content (AvgIpc) is 3.17. The highest BCUT2D eigenvalue weighted by molar-refractivity contribution is 7.22. The van der Waals surface area contributed by atoms with Crippen molar-refractivity contribution in [1.29, 1.82) is 0 Å². The topological polar surface area (TPSA) is 69.0 Å². The molecule has 0 spiro atoms. The summed E-state index contributed by atoms with van der Waals surface area (Å²) in [4.78, 5) is 16.4. The Bertz CT molecular complexity index is 904. The molecule has 3 rings (SSSR count). The first-order valence-electron chi connectivity index (χ1n) is 7.28. The molecule has 0 atom stereocenters. The molecule has 10 heteroatoms. The van der Waals surface area contributed by atoms with Gasteiger partial charge in [0.1, 0.15) is 5.75 Å². The Hall–Kier alpha value is -2.62. The molecular formula is C15H13F3N4O2S. The van der Waals surface area contributed by atoms with Crippen molar-refractivity contribution >= 4 is 32.6 Å². The average molecular weight is 370 g/mol. The highest BCUT2D eigenvalue weighted by atomic mass is 32.1. The summed E-state index contributed by atoms with van der Waals surface area (Å²) < 4.78 is 43.5. The van der Waals surface area contributed by atoms with Gasteiger partial charge in [-0.3, -0.25) is 14.8 Å². The van der Waals surface area contributed by atoms with Gasteiger partial charge in [-0.15, -0.1) is 0 Å². The van der Waals surface area contributed by atoms with E-state index in [-0.39, 0.29) is 11.7 Å². The Morgan fingerprint density at radius 1 is 1.40 bits per heavy atom. The Labute approximate surface area is 144 Å². The van der Waals surface area contributed by atoms with Gasteiger partial charge in [-0.05, 0) is 25.1 Å². The number of rotatable bonds is 5. The van der Waals surface area contributed by atoms with Crippen LogP contribution in [0.15, 0.2) is 30.6 Å². The van der Waals surface area contributed by atoms with Gasteiger partial charge in [-0.1, -0.05) is 11.3 Å². The molecule has 1 aromatic carbocycles. The van der Waals surface area contributed by atoms with E-state index in [0.717, 1.165) is 11.3 Å². The molecule has 3 aromatic rings. The third kappa shape index (κ3) is 4.27. The summed E-state index contributed by atoms with van der Waals surface area (Å²) in [5, 5.41) is 7.02. The molecule has 6 nitrogen and oxygen atoms in total. The highest BCUT2D eigenvalue weighted by Gasteiger charge is 2.28. The number of amides is 1. The van der Waals surface area contributed by atoms with Crippen LogP contribution in [0.2, 0.25) is 0 Å². The number of hydrogen-bond acceptors (Lipinski definition) is 5. The number of aromatic nitrogens is 3. The molecule has 0 unspecified atom stereocenters. The summed E-state index contributed by atoms with van der Waals surface area (Å²) >= 11 is 1.15. The number of fused-ring (bicyclic) bond motifs is 1. The van der Waals surface area contributed by atoms with Gasteiger partial charge in [-0.2, -0.15) is 18.3 Å². The predicted octanol–water partition coefficient (Wildman–Crippen LogP) is 3.71. The largest absolute Gasteiger partial charge is 0.484 e. The van der Waals surface area contributed by atoms with E-state index in [1.165, 1.54) is 18.3 Å². The van der Waals surface area contributed by atoms with Gasteiger partial charge in [0.25, 0.3) is 5.91 Å². The van der Waals surface area contributed by atoms with Crippen LogP contribution >= 0.6 is 11.3 Å². The van der Waals surface area contributed by atoms with Crippen molar-refractivity contribution in [2.24, 2.45) is 0 Å². The number of halogens is 3. The van der Waals surface area contributed by atoms with Crippen LogP contribution in [-0.2, 0) is 6.54 Å². The number of hydrogen-bond donors (Lipinski definition) is 1. The molecule has 0 bridgehead atoms. The van der Waals surface area contributed by atoms with Crippen LogP contribution in [0.4, 0.5) is 18.3 Å². The van der Waals surface area contributed by atoms with Crippen LogP contribution in [-0.4, -0.2) is 33.5 Å². The number of aryl methyl sites for hydroxylation is 1. The fourth-order valence-corrected chi connectivity index (χ4v) is 2.93. The maximum Gasteiger partial charge on any atom is 0.422 e. The van der Waals surface area contributed by atoms with Crippen molar-refractivity contribution < 1.29 is 22.7 Å². The van der Waals surface area contributed by atoms with Gasteiger partial charge in [0.2, 0.25) is 0 Å². The van der Waals surface area contributed by atoms with Gasteiger partial charge in [0, 0.05) is 12.7 Å². The van der Waals surface area contributed by atoms with E-state index in [1.807, 2.05) is 6.92 Å². The molecule has 2 heterocycles. The molecule has 0 saturated heterocycles. The summed E-state index contributed by atoms with van der Waals surface area (Å²) in [5.74, 6) is -0.261. The zero-order valence-electron chi connectivity index (χ0n) is 13.0. The Balaban J connectivity index is 1.73. The second kappa shape index (κ2) is 6.71. The molecule has 0 aliphatic rings. The van der Waals surface area contributed by atoms with E-state index in [9.17, 15) is 18.0 Å². The van der Waals surface area contributed by atoms with E-state index >= 15 is 0 Å². The monoisotopic (exact) mass is 370 g/mol. The number of nitrogens with one attached hydrogen (secondary N) is 1. The van der Waals surface area contributed by atoms with E-state index in [1.54, 1.807) is 16.9 Å². The van der Waals surface area contributed by atoms with Crippen LogP contribution in [0, 0.1) is 0 Å². The number of nitrogens with zero attached hydrogens (tertiary/aromatic N) is 3. The van der Waals surface area contributed by atoms with Gasteiger partial charge in [0.05, 0.1) is 22.0 Å². The maximum atomic E-state index is 12.2. The maximum absolute atomic E-state index is 12.2. The number of ether oxygens (including phenoxy) is 1. The zero-order valence-corrected chi connectivity index (χ0v) is 13.8. The first-order chi connectivity index (χ1) is 11.8. The summed E-state index contributed by atoms with van der Waals surface area (Å²) in [6.07, 6.45) is -1.33. The summed E-state index contributed by atoms with van der Waals surface area (Å²) in [6, 6.07) is 4.41. The highest BCUT2D eigenvalue weighted by Crippen LogP contribution is 2.30. The van der Waals surface area contributed by atoms with Crippen molar-refractivity contribution in [2.75, 3.05) is 11.9 Å². The molecule has 0 aliphatic heterocycles. The van der Waals surface area contributed by atoms with Gasteiger partial charge in [0.15, 0.2) is 11.7 Å². The fourth-order valence-electron chi connectivity index (χ4n) is 2.04. The molecule has 0 saturated carbocycles. The minimum Gasteiger partial charge on any atom is -0.484 e. The molecule has 0 fully saturated rings. The van der Waals surface area contributed by atoms with Crippen molar-refractivity contribution in [2.45, 2.75) is 19.6 Å². The summed E-state index contributed by atoms with van der Waals surface area (Å²) in [7, 11) is 0. The lowest BCUT2D eigenvalue weighted by Crippen LogP contribution is -2.19. The number of thiazole rings is 1. The quantitative estimate of drug-likeness (QED) is 0.743. The molecular weight excluding hydrogens is 357 g/mol. The molecule has 0 radical (unpaired) electrons. The number of alkyl halides is 3. The number of carbonyl (C=O) groups excluding carboxylic acids is 1. The van der Waals surface area contributed by atoms with Crippen molar-refractivity contribution in [1.82, 2.24) is 14.8 Å². The lowest BCUT2D eigenvalue weighted by molar-refractivity contribution is -0.153. The van der Waals surface area contributed by atoms with Crippen LogP contribution in [0.5, 0.6) is 5.75 Å². The zero-order chi connectivity index (χ0) is 18.0. The van der Waals surface area contributed by atoms with Crippen LogP contribution in [0.3, 0.4) is 0 Å². The number of anilines is 1. The van der Waals surface area contributed by atoms with Gasteiger partial charge >= 0.3 is 6.18 Å².